The second kappa shape index (κ2) is 9.09. The second-order valence-corrected chi connectivity index (χ2v) is 6.47. The Morgan fingerprint density at radius 3 is 2.59 bits per heavy atom. The molecule has 1 amide bonds. The van der Waals surface area contributed by atoms with Crippen LogP contribution in [0, 0.1) is 19.7 Å². The first-order valence-corrected chi connectivity index (χ1v) is 9.11. The van der Waals surface area contributed by atoms with Gasteiger partial charge in [0.15, 0.2) is 0 Å². The Bertz CT molecular complexity index is 1020. The van der Waals surface area contributed by atoms with Gasteiger partial charge in [-0.15, -0.1) is 0 Å². The summed E-state index contributed by atoms with van der Waals surface area (Å²) in [7, 11) is 0. The molecule has 3 aromatic rings. The van der Waals surface area contributed by atoms with Gasteiger partial charge >= 0.3 is 5.97 Å². The fourth-order valence-corrected chi connectivity index (χ4v) is 2.78. The van der Waals surface area contributed by atoms with Crippen LogP contribution in [0.5, 0.6) is 0 Å². The van der Waals surface area contributed by atoms with Gasteiger partial charge in [-0.25, -0.2) is 14.1 Å². The van der Waals surface area contributed by atoms with Crippen molar-refractivity contribution in [1.82, 2.24) is 20.1 Å². The maximum Gasteiger partial charge on any atom is 0.307 e. The fraction of sp³-hybridized carbons (Fsp3) is 0.238. The van der Waals surface area contributed by atoms with Crippen LogP contribution < -0.4 is 5.32 Å². The molecule has 0 spiro atoms. The Morgan fingerprint density at radius 2 is 1.90 bits per heavy atom. The van der Waals surface area contributed by atoms with Crippen molar-refractivity contribution in [3.63, 3.8) is 0 Å². The van der Waals surface area contributed by atoms with Crippen molar-refractivity contribution in [1.29, 1.82) is 0 Å². The molecular weight excluding hydrogens is 375 g/mol. The molecule has 1 aromatic heterocycles. The molecule has 3 rings (SSSR count). The van der Waals surface area contributed by atoms with Crippen molar-refractivity contribution in [2.45, 2.75) is 26.9 Å². The van der Waals surface area contributed by atoms with Crippen molar-refractivity contribution >= 4 is 11.9 Å². The maximum absolute atomic E-state index is 14.0. The minimum atomic E-state index is -0.567. The lowest BCUT2D eigenvalue weighted by molar-refractivity contribution is -0.144. The average Bonchev–Trinajstić information content (AvgIpc) is 3.04. The van der Waals surface area contributed by atoms with E-state index in [-0.39, 0.29) is 25.1 Å². The molecule has 0 fully saturated rings. The predicted molar refractivity (Wildman–Crippen MR) is 104 cm³/mol. The molecule has 29 heavy (non-hydrogen) atoms. The number of esters is 1. The third-order valence-electron chi connectivity index (χ3n) is 4.12. The molecule has 8 heteroatoms. The van der Waals surface area contributed by atoms with E-state index in [9.17, 15) is 14.0 Å². The number of hydrogen-bond acceptors (Lipinski definition) is 5. The minimum Gasteiger partial charge on any atom is -0.461 e. The van der Waals surface area contributed by atoms with Crippen LogP contribution in [-0.4, -0.2) is 33.2 Å². The predicted octanol–water partition coefficient (Wildman–Crippen LogP) is 2.89. The van der Waals surface area contributed by atoms with E-state index in [1.54, 1.807) is 13.8 Å². The van der Waals surface area contributed by atoms with Gasteiger partial charge in [-0.1, -0.05) is 30.3 Å². The molecule has 0 aliphatic rings. The number of nitrogens with zero attached hydrogens (tertiary/aromatic N) is 3. The lowest BCUT2D eigenvalue weighted by atomic mass is 10.1. The number of halogens is 1. The normalized spacial score (nSPS) is 10.6. The van der Waals surface area contributed by atoms with Gasteiger partial charge < -0.3 is 10.1 Å². The molecule has 0 bridgehead atoms. The summed E-state index contributed by atoms with van der Waals surface area (Å²) in [6, 6.07) is 13.2. The Kier molecular flexibility index (Phi) is 6.33. The van der Waals surface area contributed by atoms with Crippen molar-refractivity contribution in [2.75, 3.05) is 6.54 Å². The van der Waals surface area contributed by atoms with Crippen molar-refractivity contribution < 1.29 is 18.7 Å². The summed E-state index contributed by atoms with van der Waals surface area (Å²) in [5, 5.41) is 6.80. The van der Waals surface area contributed by atoms with E-state index < -0.39 is 17.7 Å². The molecule has 150 valence electrons. The zero-order chi connectivity index (χ0) is 20.8. The summed E-state index contributed by atoms with van der Waals surface area (Å²) in [4.78, 5) is 28.3. The number of hydrogen-bond donors (Lipinski definition) is 1. The summed E-state index contributed by atoms with van der Waals surface area (Å²) in [5.74, 6) is -0.353. The largest absolute Gasteiger partial charge is 0.461 e. The van der Waals surface area contributed by atoms with Crippen LogP contribution in [0.4, 0.5) is 4.39 Å². The van der Waals surface area contributed by atoms with Gasteiger partial charge in [0.25, 0.3) is 5.91 Å². The molecule has 0 atom stereocenters. The fourth-order valence-electron chi connectivity index (χ4n) is 2.78. The number of rotatable bonds is 7. The molecule has 7 nitrogen and oxygen atoms in total. The van der Waals surface area contributed by atoms with Gasteiger partial charge in [0.05, 0.1) is 12.1 Å². The highest BCUT2D eigenvalue weighted by molar-refractivity contribution is 5.94. The molecule has 0 aliphatic heterocycles. The van der Waals surface area contributed by atoms with Crippen LogP contribution in [0.25, 0.3) is 5.69 Å². The molecule has 1 N–H and O–H groups in total. The Labute approximate surface area is 167 Å². The van der Waals surface area contributed by atoms with Crippen LogP contribution in [0.3, 0.4) is 0 Å². The van der Waals surface area contributed by atoms with E-state index in [1.165, 1.54) is 16.8 Å². The smallest absolute Gasteiger partial charge is 0.307 e. The monoisotopic (exact) mass is 396 g/mol. The number of carbonyl (C=O) groups excluding carboxylic acids is 2. The Balaban J connectivity index is 1.55. The van der Waals surface area contributed by atoms with E-state index in [2.05, 4.69) is 15.4 Å². The average molecular weight is 396 g/mol. The SMILES string of the molecule is Cc1nc(C)n(-c2cc(F)cc(C(=O)NCCC(=O)OCc3ccccc3)c2)n1. The van der Waals surface area contributed by atoms with Gasteiger partial charge in [-0.3, -0.25) is 9.59 Å². The van der Waals surface area contributed by atoms with E-state index in [1.807, 2.05) is 30.3 Å². The number of aryl methyl sites for hydroxylation is 2. The Hall–Kier alpha value is -3.55. The van der Waals surface area contributed by atoms with Crippen LogP contribution >= 0.6 is 0 Å². The molecule has 2 aromatic carbocycles. The minimum absolute atomic E-state index is 0.0160. The van der Waals surface area contributed by atoms with Crippen LogP contribution in [-0.2, 0) is 16.1 Å². The molecule has 0 unspecified atom stereocenters. The van der Waals surface area contributed by atoms with Gasteiger partial charge in [0.2, 0.25) is 0 Å². The summed E-state index contributed by atoms with van der Waals surface area (Å²) < 4.78 is 20.6. The van der Waals surface area contributed by atoms with E-state index >= 15 is 0 Å². The molecule has 0 saturated carbocycles. The quantitative estimate of drug-likeness (QED) is 0.621. The summed E-state index contributed by atoms with van der Waals surface area (Å²) in [6.45, 7) is 3.73. The first kappa shape index (κ1) is 20.2. The highest BCUT2D eigenvalue weighted by Gasteiger charge is 2.13. The number of ether oxygens (including phenoxy) is 1. The molecular formula is C21H21FN4O3. The van der Waals surface area contributed by atoms with Gasteiger partial charge in [0, 0.05) is 12.1 Å². The number of amides is 1. The second-order valence-electron chi connectivity index (χ2n) is 6.47. The zero-order valence-corrected chi connectivity index (χ0v) is 16.2. The lowest BCUT2D eigenvalue weighted by Crippen LogP contribution is -2.26. The number of carbonyl (C=O) groups is 2. The summed E-state index contributed by atoms with van der Waals surface area (Å²) in [6.07, 6.45) is 0.0160. The van der Waals surface area contributed by atoms with Crippen molar-refractivity contribution in [2.24, 2.45) is 0 Å². The van der Waals surface area contributed by atoms with Gasteiger partial charge in [-0.05, 0) is 37.6 Å². The topological polar surface area (TPSA) is 86.1 Å². The molecule has 0 aliphatic carbocycles. The third kappa shape index (κ3) is 5.47. The summed E-state index contributed by atoms with van der Waals surface area (Å²) in [5.41, 5.74) is 1.41. The van der Waals surface area contributed by atoms with Crippen LogP contribution in [0.1, 0.15) is 34.0 Å². The number of nitrogens with one attached hydrogen (secondary N) is 1. The first-order valence-electron chi connectivity index (χ1n) is 9.11. The molecule has 0 radical (unpaired) electrons. The Morgan fingerprint density at radius 1 is 1.14 bits per heavy atom. The number of aromatic nitrogens is 3. The lowest BCUT2D eigenvalue weighted by Gasteiger charge is -2.09. The van der Waals surface area contributed by atoms with E-state index in [4.69, 9.17) is 4.74 Å². The molecule has 1 heterocycles. The van der Waals surface area contributed by atoms with Crippen molar-refractivity contribution in [3.05, 3.63) is 77.1 Å². The van der Waals surface area contributed by atoms with Gasteiger partial charge in [0.1, 0.15) is 24.1 Å². The highest BCUT2D eigenvalue weighted by atomic mass is 19.1. The van der Waals surface area contributed by atoms with Gasteiger partial charge in [-0.2, -0.15) is 5.10 Å². The van der Waals surface area contributed by atoms with E-state index in [0.29, 0.717) is 17.3 Å². The summed E-state index contributed by atoms with van der Waals surface area (Å²) >= 11 is 0. The van der Waals surface area contributed by atoms with Crippen LogP contribution in [0.15, 0.2) is 48.5 Å². The zero-order valence-electron chi connectivity index (χ0n) is 16.2. The van der Waals surface area contributed by atoms with Crippen molar-refractivity contribution in [3.8, 4) is 5.69 Å². The standard InChI is InChI=1S/C21H21FN4O3/c1-14-24-15(2)26(25-14)19-11-17(10-18(22)12-19)21(28)23-9-8-20(27)29-13-16-6-4-3-5-7-16/h3-7,10-12H,8-9,13H2,1-2H3,(H,23,28). The first-order chi connectivity index (χ1) is 13.9. The molecule has 0 saturated heterocycles. The third-order valence-corrected chi connectivity index (χ3v) is 4.12. The highest BCUT2D eigenvalue weighted by Crippen LogP contribution is 2.15. The van der Waals surface area contributed by atoms with Crippen LogP contribution in [0.2, 0.25) is 0 Å². The van der Waals surface area contributed by atoms with E-state index in [0.717, 1.165) is 11.6 Å². The number of benzene rings is 2. The maximum atomic E-state index is 14.0.